The fourth-order valence-electron chi connectivity index (χ4n) is 1.79. The van der Waals surface area contributed by atoms with Crippen molar-refractivity contribution in [1.82, 2.24) is 0 Å². The van der Waals surface area contributed by atoms with Gasteiger partial charge >= 0.3 is 140 Å². The molecule has 22 heavy (non-hydrogen) atoms. The van der Waals surface area contributed by atoms with Gasteiger partial charge in [0.15, 0.2) is 0 Å². The maximum absolute atomic E-state index is 12.3. The Morgan fingerprint density at radius 1 is 0.727 bits per heavy atom. The molecule has 0 heterocycles. The quantitative estimate of drug-likeness (QED) is 0.634. The van der Waals surface area contributed by atoms with Gasteiger partial charge in [0.1, 0.15) is 0 Å². The Balaban J connectivity index is 2.06. The standard InChI is InChI=1S/C16H14O4Se2/c1-19-13-9-5-3-7-11(13)15(17)21-22-16(18)12-8-4-6-10-14(12)20-2/h3-10H,1-2H3. The molecule has 0 aromatic heterocycles. The SMILES string of the molecule is COc1ccccc1C(=O)[Se][Se]C(=O)c1ccccc1OC. The van der Waals surface area contributed by atoms with Crippen LogP contribution in [-0.2, 0) is 0 Å². The van der Waals surface area contributed by atoms with Crippen LogP contribution in [0.25, 0.3) is 0 Å². The summed E-state index contributed by atoms with van der Waals surface area (Å²) in [5.41, 5.74) is 1.08. The molecule has 114 valence electrons. The zero-order valence-electron chi connectivity index (χ0n) is 12.1. The van der Waals surface area contributed by atoms with Crippen LogP contribution >= 0.6 is 0 Å². The van der Waals surface area contributed by atoms with E-state index in [4.69, 9.17) is 9.47 Å². The van der Waals surface area contributed by atoms with Crippen molar-refractivity contribution in [2.24, 2.45) is 0 Å². The van der Waals surface area contributed by atoms with E-state index >= 15 is 0 Å². The summed E-state index contributed by atoms with van der Waals surface area (Å²) in [4.78, 5) is 24.6. The molecule has 2 aromatic rings. The Labute approximate surface area is 140 Å². The van der Waals surface area contributed by atoms with Gasteiger partial charge in [-0.1, -0.05) is 0 Å². The summed E-state index contributed by atoms with van der Waals surface area (Å²) in [5, 5.41) is 0. The van der Waals surface area contributed by atoms with Gasteiger partial charge in [-0.05, 0) is 0 Å². The van der Waals surface area contributed by atoms with Crippen LogP contribution in [-0.4, -0.2) is 49.8 Å². The molecule has 0 spiro atoms. The molecule has 0 N–H and O–H groups in total. The topological polar surface area (TPSA) is 52.6 Å². The molecule has 0 unspecified atom stereocenters. The molecule has 0 amide bonds. The Morgan fingerprint density at radius 3 is 1.45 bits per heavy atom. The van der Waals surface area contributed by atoms with Crippen LogP contribution in [0.4, 0.5) is 0 Å². The molecule has 0 bridgehead atoms. The van der Waals surface area contributed by atoms with Gasteiger partial charge in [0, 0.05) is 0 Å². The van der Waals surface area contributed by atoms with E-state index < -0.39 is 26.3 Å². The number of para-hydroxylation sites is 2. The third-order valence-electron chi connectivity index (χ3n) is 2.85. The molecule has 0 atom stereocenters. The van der Waals surface area contributed by atoms with Gasteiger partial charge in [-0.15, -0.1) is 0 Å². The zero-order valence-corrected chi connectivity index (χ0v) is 15.5. The van der Waals surface area contributed by atoms with Crippen LogP contribution < -0.4 is 9.47 Å². The molecule has 0 aliphatic rings. The third kappa shape index (κ3) is 3.99. The molecule has 4 nitrogen and oxygen atoms in total. The average molecular weight is 428 g/mol. The Bertz CT molecular complexity index is 626. The van der Waals surface area contributed by atoms with Crippen LogP contribution in [0.5, 0.6) is 11.5 Å². The van der Waals surface area contributed by atoms with Gasteiger partial charge in [0.05, 0.1) is 0 Å². The first-order valence-corrected chi connectivity index (χ1v) is 12.4. The molecule has 2 aromatic carbocycles. The fraction of sp³-hybridized carbons (Fsp3) is 0.125. The second kappa shape index (κ2) is 8.16. The molecule has 0 radical (unpaired) electrons. The summed E-state index contributed by atoms with van der Waals surface area (Å²) >= 11 is -0.834. The normalized spacial score (nSPS) is 10.1. The Hall–Kier alpha value is -1.58. The molecule has 0 aliphatic carbocycles. The van der Waals surface area contributed by atoms with Crippen LogP contribution in [0.3, 0.4) is 0 Å². The Kier molecular flexibility index (Phi) is 6.22. The predicted octanol–water partition coefficient (Wildman–Crippen LogP) is 2.01. The van der Waals surface area contributed by atoms with Crippen LogP contribution in [0.15, 0.2) is 48.5 Å². The van der Waals surface area contributed by atoms with Crippen molar-refractivity contribution >= 4 is 35.6 Å². The van der Waals surface area contributed by atoms with Gasteiger partial charge in [-0.25, -0.2) is 0 Å². The fourth-order valence-corrected chi connectivity index (χ4v) is 6.80. The first kappa shape index (κ1) is 16.8. The molecule has 2 rings (SSSR count). The van der Waals surface area contributed by atoms with E-state index in [0.717, 1.165) is 0 Å². The molecular weight excluding hydrogens is 414 g/mol. The van der Waals surface area contributed by atoms with Gasteiger partial charge in [0.2, 0.25) is 0 Å². The van der Waals surface area contributed by atoms with Crippen molar-refractivity contribution in [2.75, 3.05) is 14.2 Å². The molecule has 0 saturated carbocycles. The van der Waals surface area contributed by atoms with E-state index in [1.54, 1.807) is 36.4 Å². The summed E-state index contributed by atoms with van der Waals surface area (Å²) in [6.07, 6.45) is 0. The first-order chi connectivity index (χ1) is 10.7. The van der Waals surface area contributed by atoms with Crippen molar-refractivity contribution in [3.63, 3.8) is 0 Å². The first-order valence-electron chi connectivity index (χ1n) is 6.36. The predicted molar refractivity (Wildman–Crippen MR) is 86.2 cm³/mol. The second-order valence-electron chi connectivity index (χ2n) is 4.14. The zero-order chi connectivity index (χ0) is 15.9. The minimum atomic E-state index is -0.417. The summed E-state index contributed by atoms with van der Waals surface area (Å²) in [6.45, 7) is 0. The van der Waals surface area contributed by atoms with E-state index in [-0.39, 0.29) is 9.36 Å². The number of ether oxygens (including phenoxy) is 2. The molecule has 0 saturated heterocycles. The number of rotatable bonds is 7. The van der Waals surface area contributed by atoms with E-state index in [2.05, 4.69) is 0 Å². The third-order valence-corrected chi connectivity index (χ3v) is 8.79. The van der Waals surface area contributed by atoms with E-state index in [1.807, 2.05) is 12.1 Å². The summed E-state index contributed by atoms with van der Waals surface area (Å²) in [5.74, 6) is 1.10. The van der Waals surface area contributed by atoms with Gasteiger partial charge < -0.3 is 0 Å². The number of hydrogen-bond acceptors (Lipinski definition) is 4. The van der Waals surface area contributed by atoms with Crippen LogP contribution in [0, 0.1) is 0 Å². The second-order valence-corrected chi connectivity index (χ2v) is 10.0. The molecule has 0 fully saturated rings. The summed E-state index contributed by atoms with van der Waals surface area (Å²) in [7, 11) is 3.06. The average Bonchev–Trinajstić information content (AvgIpc) is 2.59. The van der Waals surface area contributed by atoms with E-state index in [0.29, 0.717) is 22.6 Å². The number of carbonyl (C=O) groups is 2. The number of hydrogen-bond donors (Lipinski definition) is 0. The van der Waals surface area contributed by atoms with Crippen molar-refractivity contribution in [1.29, 1.82) is 0 Å². The van der Waals surface area contributed by atoms with E-state index in [9.17, 15) is 9.59 Å². The van der Waals surface area contributed by atoms with Crippen molar-refractivity contribution in [3.05, 3.63) is 59.7 Å². The number of carbonyl (C=O) groups excluding carboxylic acids is 2. The van der Waals surface area contributed by atoms with Crippen LogP contribution in [0.2, 0.25) is 0 Å². The Morgan fingerprint density at radius 2 is 1.09 bits per heavy atom. The number of benzene rings is 2. The van der Waals surface area contributed by atoms with Crippen molar-refractivity contribution in [2.45, 2.75) is 0 Å². The van der Waals surface area contributed by atoms with Crippen molar-refractivity contribution in [3.8, 4) is 11.5 Å². The molecule has 0 aliphatic heterocycles. The van der Waals surface area contributed by atoms with E-state index in [1.165, 1.54) is 14.2 Å². The van der Waals surface area contributed by atoms with Gasteiger partial charge in [-0.2, -0.15) is 0 Å². The number of methoxy groups -OCH3 is 2. The summed E-state index contributed by atoms with van der Waals surface area (Å²) in [6, 6.07) is 14.2. The van der Waals surface area contributed by atoms with Crippen molar-refractivity contribution < 1.29 is 19.1 Å². The van der Waals surface area contributed by atoms with Gasteiger partial charge in [0.25, 0.3) is 0 Å². The molecular formula is C16H14O4Se2. The van der Waals surface area contributed by atoms with Crippen LogP contribution in [0.1, 0.15) is 20.7 Å². The molecule has 6 heteroatoms. The van der Waals surface area contributed by atoms with Gasteiger partial charge in [-0.3, -0.25) is 0 Å². The maximum atomic E-state index is 12.3. The monoisotopic (exact) mass is 430 g/mol. The summed E-state index contributed by atoms with van der Waals surface area (Å²) < 4.78 is 10.3. The minimum absolute atomic E-state index is 0.0202.